The first-order chi connectivity index (χ1) is 17.8. The number of hydrogen-bond acceptors (Lipinski definition) is 3. The van der Waals surface area contributed by atoms with Gasteiger partial charge in [-0.1, -0.05) is 54.6 Å². The molecule has 0 bridgehead atoms. The second kappa shape index (κ2) is 10.4. The van der Waals surface area contributed by atoms with E-state index in [4.69, 9.17) is 0 Å². The molecule has 186 valence electrons. The molecule has 1 heterocycles. The quantitative estimate of drug-likeness (QED) is 0.190. The van der Waals surface area contributed by atoms with Crippen molar-refractivity contribution in [1.29, 1.82) is 0 Å². The summed E-state index contributed by atoms with van der Waals surface area (Å²) in [6.45, 7) is 0.401. The van der Waals surface area contributed by atoms with E-state index in [1.807, 2.05) is 66.7 Å². The number of nitrogens with one attached hydrogen (secondary N) is 1. The Morgan fingerprint density at radius 1 is 0.838 bits per heavy atom. The normalized spacial score (nSPS) is 11.6. The Morgan fingerprint density at radius 3 is 2.41 bits per heavy atom. The van der Waals surface area contributed by atoms with Crippen LogP contribution < -0.4 is 5.32 Å². The van der Waals surface area contributed by atoms with Gasteiger partial charge < -0.3 is 10.4 Å². The lowest BCUT2D eigenvalue weighted by molar-refractivity contribution is -0.136. The molecule has 7 heteroatoms. The molecule has 0 aliphatic heterocycles. The number of nitrogens with zero attached hydrogens (tertiary/aromatic N) is 1. The first kappa shape index (κ1) is 25.1. The number of anilines is 1. The van der Waals surface area contributed by atoms with Gasteiger partial charge in [0.2, 0.25) is 0 Å². The number of aromatic nitrogens is 1. The highest BCUT2D eigenvalue weighted by atomic mass is 127. The van der Waals surface area contributed by atoms with Crippen molar-refractivity contribution < 1.29 is 18.3 Å². The summed E-state index contributed by atoms with van der Waals surface area (Å²) >= 11 is 2.19. The third-order valence-corrected chi connectivity index (χ3v) is 6.87. The highest BCUT2D eigenvalue weighted by Gasteiger charge is 2.33. The lowest BCUT2D eigenvalue weighted by Gasteiger charge is -2.17. The third-order valence-electron chi connectivity index (χ3n) is 6.19. The molecule has 0 spiro atoms. The van der Waals surface area contributed by atoms with Gasteiger partial charge in [-0.15, -0.1) is 0 Å². The second-order valence-corrected chi connectivity index (χ2v) is 9.97. The molecule has 0 atom stereocenters. The number of rotatable bonds is 6. The number of phenols is 1. The number of para-hydroxylation sites is 1. The summed E-state index contributed by atoms with van der Waals surface area (Å²) in [4.78, 5) is 4.28. The van der Waals surface area contributed by atoms with Gasteiger partial charge in [-0.05, 0) is 87.7 Å². The predicted octanol–water partition coefficient (Wildman–Crippen LogP) is 8.43. The zero-order valence-electron chi connectivity index (χ0n) is 19.6. The zero-order chi connectivity index (χ0) is 26.0. The smallest absolute Gasteiger partial charge is 0.418 e. The number of phenolic OH excluding ortho intramolecular Hbond substituents is 1. The second-order valence-electron chi connectivity index (χ2n) is 8.73. The summed E-state index contributed by atoms with van der Waals surface area (Å²) in [5, 5.41) is 14.0. The van der Waals surface area contributed by atoms with Gasteiger partial charge in [-0.3, -0.25) is 4.98 Å². The van der Waals surface area contributed by atoms with Crippen molar-refractivity contribution in [3.63, 3.8) is 0 Å². The molecule has 4 aromatic carbocycles. The number of halogens is 4. The molecule has 5 aromatic rings. The summed E-state index contributed by atoms with van der Waals surface area (Å²) in [5.74, 6) is 0.203. The minimum Gasteiger partial charge on any atom is -0.508 e. The van der Waals surface area contributed by atoms with E-state index in [0.717, 1.165) is 43.1 Å². The summed E-state index contributed by atoms with van der Waals surface area (Å²) in [6, 6.07) is 27.0. The molecule has 0 saturated carbocycles. The summed E-state index contributed by atoms with van der Waals surface area (Å²) in [5.41, 5.74) is 4.12. The van der Waals surface area contributed by atoms with Crippen LogP contribution in [0.5, 0.6) is 5.75 Å². The van der Waals surface area contributed by atoms with Crippen LogP contribution in [0.15, 0.2) is 97.2 Å². The molecule has 0 radical (unpaired) electrons. The number of pyridine rings is 1. The van der Waals surface area contributed by atoms with Crippen molar-refractivity contribution >= 4 is 39.2 Å². The average Bonchev–Trinajstić information content (AvgIpc) is 2.89. The minimum atomic E-state index is -4.51. The average molecular weight is 610 g/mol. The van der Waals surface area contributed by atoms with Crippen molar-refractivity contribution in [2.24, 2.45) is 0 Å². The van der Waals surface area contributed by atoms with Crippen LogP contribution in [0.1, 0.15) is 22.3 Å². The molecule has 2 N–H and O–H groups in total. The van der Waals surface area contributed by atoms with Crippen molar-refractivity contribution in [1.82, 2.24) is 4.98 Å². The third kappa shape index (κ3) is 5.56. The molecule has 0 aliphatic carbocycles. The van der Waals surface area contributed by atoms with Gasteiger partial charge in [0.1, 0.15) is 5.75 Å². The van der Waals surface area contributed by atoms with Crippen molar-refractivity contribution in [2.75, 3.05) is 5.32 Å². The van der Waals surface area contributed by atoms with E-state index in [2.05, 4.69) is 32.9 Å². The molecule has 0 aliphatic rings. The summed E-state index contributed by atoms with van der Waals surface area (Å²) < 4.78 is 42.5. The first-order valence-corrected chi connectivity index (χ1v) is 12.7. The van der Waals surface area contributed by atoms with Crippen LogP contribution in [0.25, 0.3) is 22.0 Å². The van der Waals surface area contributed by atoms with E-state index < -0.39 is 11.7 Å². The zero-order valence-corrected chi connectivity index (χ0v) is 21.7. The van der Waals surface area contributed by atoms with Crippen LogP contribution in [0.3, 0.4) is 0 Å². The summed E-state index contributed by atoms with van der Waals surface area (Å²) in [6.07, 6.45) is -2.42. The van der Waals surface area contributed by atoms with Gasteiger partial charge in [0, 0.05) is 32.9 Å². The Hall–Kier alpha value is -3.59. The number of fused-ring (bicyclic) bond motifs is 1. The van der Waals surface area contributed by atoms with Gasteiger partial charge in [-0.25, -0.2) is 0 Å². The number of aromatic hydroxyl groups is 1. The van der Waals surface area contributed by atoms with Crippen molar-refractivity contribution in [2.45, 2.75) is 19.1 Å². The van der Waals surface area contributed by atoms with Gasteiger partial charge >= 0.3 is 6.18 Å². The van der Waals surface area contributed by atoms with Gasteiger partial charge in [0.15, 0.2) is 0 Å². The molecule has 5 rings (SSSR count). The highest BCUT2D eigenvalue weighted by Crippen LogP contribution is 2.39. The molecular weight excluding hydrogens is 588 g/mol. The lowest BCUT2D eigenvalue weighted by Crippen LogP contribution is -2.07. The van der Waals surface area contributed by atoms with Crippen LogP contribution in [0.4, 0.5) is 18.9 Å². The maximum absolute atomic E-state index is 13.8. The largest absolute Gasteiger partial charge is 0.508 e. The maximum atomic E-state index is 13.8. The van der Waals surface area contributed by atoms with E-state index in [9.17, 15) is 18.3 Å². The van der Waals surface area contributed by atoms with Crippen LogP contribution in [0.2, 0.25) is 0 Å². The standard InChI is InChI=1S/C30H22F3IN2O/c31-30(32,33)26-11-5-10-25-28(22(18-36-29(25)26)14-19-6-2-1-3-7-19)20-8-4-9-24(16-20)35-17-21-15-23(34)12-13-27(21)37/h1-13,15-16,18,35,37H,14,17H2. The highest BCUT2D eigenvalue weighted by molar-refractivity contribution is 14.1. The molecule has 1 aromatic heterocycles. The van der Waals surface area contributed by atoms with E-state index in [-0.39, 0.29) is 11.3 Å². The number of hydrogen-bond donors (Lipinski definition) is 2. The molecule has 0 saturated heterocycles. The van der Waals surface area contributed by atoms with Gasteiger partial charge in [-0.2, -0.15) is 13.2 Å². The Kier molecular flexibility index (Phi) is 7.06. The molecular formula is C30H22F3IN2O. The van der Waals surface area contributed by atoms with Crippen LogP contribution in [0, 0.1) is 3.57 Å². The van der Waals surface area contributed by atoms with Crippen LogP contribution >= 0.6 is 22.6 Å². The molecule has 3 nitrogen and oxygen atoms in total. The predicted molar refractivity (Wildman–Crippen MR) is 150 cm³/mol. The monoisotopic (exact) mass is 610 g/mol. The minimum absolute atomic E-state index is 0.0658. The fraction of sp³-hybridized carbons (Fsp3) is 0.100. The van der Waals surface area contributed by atoms with Gasteiger partial charge in [0.05, 0.1) is 11.1 Å². The van der Waals surface area contributed by atoms with Gasteiger partial charge in [0.25, 0.3) is 0 Å². The Labute approximate surface area is 226 Å². The van der Waals surface area contributed by atoms with Crippen molar-refractivity contribution in [3.05, 3.63) is 123 Å². The van der Waals surface area contributed by atoms with E-state index >= 15 is 0 Å². The van der Waals surface area contributed by atoms with E-state index in [0.29, 0.717) is 18.4 Å². The van der Waals surface area contributed by atoms with E-state index in [1.165, 1.54) is 6.07 Å². The summed E-state index contributed by atoms with van der Waals surface area (Å²) in [7, 11) is 0. The molecule has 0 amide bonds. The molecule has 37 heavy (non-hydrogen) atoms. The van der Waals surface area contributed by atoms with Crippen LogP contribution in [-0.2, 0) is 19.1 Å². The molecule has 0 unspecified atom stereocenters. The SMILES string of the molecule is Oc1ccc(I)cc1CNc1cccc(-c2c(Cc3ccccc3)cnc3c(C(F)(F)F)cccc23)c1. The molecule has 0 fully saturated rings. The maximum Gasteiger partial charge on any atom is 0.418 e. The fourth-order valence-corrected chi connectivity index (χ4v) is 5.02. The first-order valence-electron chi connectivity index (χ1n) is 11.6. The Bertz CT molecular complexity index is 1570. The Morgan fingerprint density at radius 2 is 1.62 bits per heavy atom. The fourth-order valence-electron chi connectivity index (χ4n) is 4.46. The van der Waals surface area contributed by atoms with Crippen molar-refractivity contribution in [3.8, 4) is 16.9 Å². The van der Waals surface area contributed by atoms with E-state index in [1.54, 1.807) is 18.3 Å². The number of alkyl halides is 3. The van der Waals surface area contributed by atoms with Crippen LogP contribution in [-0.4, -0.2) is 10.1 Å². The Balaban J connectivity index is 1.60. The topological polar surface area (TPSA) is 45.1 Å². The number of benzene rings is 4. The lowest BCUT2D eigenvalue weighted by atomic mass is 9.91.